The molecule has 1 fully saturated rings. The predicted octanol–water partition coefficient (Wildman–Crippen LogP) is 5.20. The molecule has 1 aromatic heterocycles. The summed E-state index contributed by atoms with van der Waals surface area (Å²) in [6.07, 6.45) is -2.37. The lowest BCUT2D eigenvalue weighted by molar-refractivity contribution is -0.137. The van der Waals surface area contributed by atoms with Gasteiger partial charge in [-0.25, -0.2) is 13.8 Å². The van der Waals surface area contributed by atoms with E-state index in [-0.39, 0.29) is 23.4 Å². The summed E-state index contributed by atoms with van der Waals surface area (Å²) in [5, 5.41) is 7.76. The lowest BCUT2D eigenvalue weighted by Crippen LogP contribution is -2.27. The number of hydrogen-bond donors (Lipinski definition) is 3. The molecular formula is C20H20F5N5O. The molecule has 3 N–H and O–H groups in total. The number of anilines is 4. The van der Waals surface area contributed by atoms with Gasteiger partial charge in [0, 0.05) is 12.2 Å². The first-order valence-electron chi connectivity index (χ1n) is 9.50. The van der Waals surface area contributed by atoms with Crippen LogP contribution in [-0.2, 0) is 11.0 Å². The number of carbonyl (C=O) groups is 1. The smallest absolute Gasteiger partial charge is 0.351 e. The van der Waals surface area contributed by atoms with Crippen LogP contribution >= 0.6 is 0 Å². The average molecular weight is 441 g/mol. The Bertz CT molecular complexity index is 957. The molecule has 3 rings (SSSR count). The Kier molecular flexibility index (Phi) is 6.71. The van der Waals surface area contributed by atoms with Crippen LogP contribution < -0.4 is 16.0 Å². The number of hydrogen-bond acceptors (Lipinski definition) is 5. The lowest BCUT2D eigenvalue weighted by atomic mass is 9.94. The van der Waals surface area contributed by atoms with E-state index in [2.05, 4.69) is 32.5 Å². The summed E-state index contributed by atoms with van der Waals surface area (Å²) in [4.78, 5) is 19.3. The fourth-order valence-corrected chi connectivity index (χ4v) is 3.17. The first-order valence-corrected chi connectivity index (χ1v) is 9.50. The number of halogens is 5. The van der Waals surface area contributed by atoms with Gasteiger partial charge in [0.15, 0.2) is 0 Å². The largest absolute Gasteiger partial charge is 0.421 e. The molecule has 1 aliphatic carbocycles. The lowest BCUT2D eigenvalue weighted by Gasteiger charge is -2.25. The molecule has 1 aliphatic rings. The highest BCUT2D eigenvalue weighted by molar-refractivity contribution is 6.01. The van der Waals surface area contributed by atoms with Gasteiger partial charge in [-0.3, -0.25) is 4.79 Å². The van der Waals surface area contributed by atoms with Crippen molar-refractivity contribution in [3.63, 3.8) is 0 Å². The third-order valence-corrected chi connectivity index (χ3v) is 4.76. The number of carbonyl (C=O) groups excluding carboxylic acids is 1. The molecule has 2 aromatic rings. The van der Waals surface area contributed by atoms with E-state index in [1.807, 2.05) is 0 Å². The van der Waals surface area contributed by atoms with Crippen LogP contribution in [0.2, 0.25) is 0 Å². The molecule has 0 bridgehead atoms. The zero-order valence-electron chi connectivity index (χ0n) is 16.3. The molecule has 0 unspecified atom stereocenters. The van der Waals surface area contributed by atoms with Gasteiger partial charge in [0.1, 0.15) is 23.4 Å². The van der Waals surface area contributed by atoms with Crippen LogP contribution in [-0.4, -0.2) is 28.1 Å². The summed E-state index contributed by atoms with van der Waals surface area (Å²) >= 11 is 0. The molecule has 1 aromatic carbocycles. The van der Waals surface area contributed by atoms with Crippen LogP contribution in [0.3, 0.4) is 0 Å². The maximum Gasteiger partial charge on any atom is 0.421 e. The highest BCUT2D eigenvalue weighted by Gasteiger charge is 2.36. The molecule has 6 nitrogen and oxygen atoms in total. The first kappa shape index (κ1) is 22.4. The second kappa shape index (κ2) is 9.27. The molecule has 0 saturated heterocycles. The topological polar surface area (TPSA) is 78.9 Å². The number of amides is 1. The summed E-state index contributed by atoms with van der Waals surface area (Å²) < 4.78 is 67.4. The van der Waals surface area contributed by atoms with Gasteiger partial charge >= 0.3 is 6.18 Å². The van der Waals surface area contributed by atoms with E-state index in [1.165, 1.54) is 6.07 Å². The van der Waals surface area contributed by atoms with Crippen molar-refractivity contribution in [2.24, 2.45) is 0 Å². The molecule has 1 heterocycles. The minimum atomic E-state index is -4.77. The van der Waals surface area contributed by atoms with Crippen molar-refractivity contribution in [3.05, 3.63) is 48.4 Å². The van der Waals surface area contributed by atoms with Crippen molar-refractivity contribution < 1.29 is 26.7 Å². The Morgan fingerprint density at radius 3 is 2.52 bits per heavy atom. The second-order valence-corrected chi connectivity index (χ2v) is 7.06. The highest BCUT2D eigenvalue weighted by atomic mass is 19.4. The summed E-state index contributed by atoms with van der Waals surface area (Å²) in [6.45, 7) is 3.28. The maximum absolute atomic E-state index is 13.6. The number of nitrogens with zero attached hydrogens (tertiary/aromatic N) is 2. The molecule has 1 amide bonds. The van der Waals surface area contributed by atoms with E-state index < -0.39 is 35.5 Å². The van der Waals surface area contributed by atoms with Crippen LogP contribution in [0.5, 0.6) is 0 Å². The Hall–Kier alpha value is -3.24. The highest BCUT2D eigenvalue weighted by Crippen LogP contribution is 2.37. The van der Waals surface area contributed by atoms with Gasteiger partial charge in [0.25, 0.3) is 0 Å². The SMILES string of the molecule is C=CC(=O)Nc1cc(F)ccc1Nc1nc(N[C@H]2CC[C@@H](F)CC2)ncc1C(F)(F)F. The van der Waals surface area contributed by atoms with Crippen LogP contribution in [0, 0.1) is 5.82 Å². The van der Waals surface area contributed by atoms with Gasteiger partial charge < -0.3 is 16.0 Å². The molecule has 31 heavy (non-hydrogen) atoms. The maximum atomic E-state index is 13.6. The number of benzene rings is 1. The van der Waals surface area contributed by atoms with E-state index in [0.717, 1.165) is 18.2 Å². The third-order valence-electron chi connectivity index (χ3n) is 4.76. The molecule has 166 valence electrons. The Labute approximate surface area is 175 Å². The van der Waals surface area contributed by atoms with Gasteiger partial charge in [-0.15, -0.1) is 0 Å². The van der Waals surface area contributed by atoms with Crippen molar-refractivity contribution in [3.8, 4) is 0 Å². The minimum absolute atomic E-state index is 0.00955. The van der Waals surface area contributed by atoms with Crippen LogP contribution in [0.4, 0.5) is 45.1 Å². The number of nitrogens with one attached hydrogen (secondary N) is 3. The Balaban J connectivity index is 1.91. The van der Waals surface area contributed by atoms with Crippen molar-refractivity contribution in [1.82, 2.24) is 9.97 Å². The van der Waals surface area contributed by atoms with Gasteiger partial charge in [-0.05, 0) is 50.0 Å². The second-order valence-electron chi connectivity index (χ2n) is 7.06. The van der Waals surface area contributed by atoms with E-state index >= 15 is 0 Å². The fraction of sp³-hybridized carbons (Fsp3) is 0.350. The van der Waals surface area contributed by atoms with Crippen molar-refractivity contribution in [2.45, 2.75) is 44.1 Å². The van der Waals surface area contributed by atoms with Gasteiger partial charge in [0.2, 0.25) is 11.9 Å². The van der Waals surface area contributed by atoms with Gasteiger partial charge in [-0.1, -0.05) is 6.58 Å². The number of rotatable bonds is 6. The molecule has 11 heteroatoms. The summed E-state index contributed by atoms with van der Waals surface area (Å²) in [7, 11) is 0. The minimum Gasteiger partial charge on any atom is -0.351 e. The Morgan fingerprint density at radius 1 is 1.16 bits per heavy atom. The average Bonchev–Trinajstić information content (AvgIpc) is 2.71. The van der Waals surface area contributed by atoms with E-state index in [9.17, 15) is 26.7 Å². The summed E-state index contributed by atoms with van der Waals surface area (Å²) in [5.74, 6) is -2.01. The number of alkyl halides is 4. The van der Waals surface area contributed by atoms with E-state index in [0.29, 0.717) is 31.9 Å². The van der Waals surface area contributed by atoms with Crippen molar-refractivity contribution in [2.75, 3.05) is 16.0 Å². The fourth-order valence-electron chi connectivity index (χ4n) is 3.17. The van der Waals surface area contributed by atoms with E-state index in [4.69, 9.17) is 0 Å². The quantitative estimate of drug-likeness (QED) is 0.425. The molecule has 0 aliphatic heterocycles. The molecule has 0 atom stereocenters. The summed E-state index contributed by atoms with van der Waals surface area (Å²) in [5.41, 5.74) is -1.24. The standard InChI is InChI=1S/C20H20F5N5O/c1-2-17(31)28-16-9-12(22)5-8-15(16)29-18-14(20(23,24)25)10-26-19(30-18)27-13-6-3-11(21)4-7-13/h2,5,8-11,13H,1,3-4,6-7H2,(H,28,31)(H2,26,27,29,30)/t11-,13+. The van der Waals surface area contributed by atoms with Crippen LogP contribution in [0.25, 0.3) is 0 Å². The molecule has 0 radical (unpaired) electrons. The molecular weight excluding hydrogens is 421 g/mol. The van der Waals surface area contributed by atoms with Gasteiger partial charge in [-0.2, -0.15) is 18.2 Å². The monoisotopic (exact) mass is 441 g/mol. The molecule has 1 saturated carbocycles. The first-order chi connectivity index (χ1) is 14.7. The zero-order chi connectivity index (χ0) is 22.6. The number of aromatic nitrogens is 2. The van der Waals surface area contributed by atoms with Gasteiger partial charge in [0.05, 0.1) is 11.4 Å². The Morgan fingerprint density at radius 2 is 1.87 bits per heavy atom. The normalized spacial score (nSPS) is 18.9. The van der Waals surface area contributed by atoms with Crippen LogP contribution in [0.1, 0.15) is 31.2 Å². The van der Waals surface area contributed by atoms with Crippen LogP contribution in [0.15, 0.2) is 37.1 Å². The predicted molar refractivity (Wildman–Crippen MR) is 106 cm³/mol. The van der Waals surface area contributed by atoms with Crippen molar-refractivity contribution >= 4 is 29.0 Å². The summed E-state index contributed by atoms with van der Waals surface area (Å²) in [6, 6.07) is 2.98. The van der Waals surface area contributed by atoms with Crippen molar-refractivity contribution in [1.29, 1.82) is 0 Å². The third kappa shape index (κ3) is 5.89. The van der Waals surface area contributed by atoms with E-state index in [1.54, 1.807) is 0 Å². The zero-order valence-corrected chi connectivity index (χ0v) is 16.3. The molecule has 0 spiro atoms.